The largest absolute Gasteiger partial charge is 0.343 e. The number of hydrogen-bond donors (Lipinski definition) is 3. The predicted octanol–water partition coefficient (Wildman–Crippen LogP) is 0.854. The van der Waals surface area contributed by atoms with E-state index in [0.29, 0.717) is 5.56 Å². The van der Waals surface area contributed by atoms with Gasteiger partial charge >= 0.3 is 0 Å². The van der Waals surface area contributed by atoms with Crippen LogP contribution in [0.2, 0.25) is 0 Å². The first kappa shape index (κ1) is 19.5. The summed E-state index contributed by atoms with van der Waals surface area (Å²) < 4.78 is 12.8. The molecule has 0 bridgehead atoms. The normalized spacial score (nSPS) is 9.96. The van der Waals surface area contributed by atoms with Crippen LogP contribution in [-0.4, -0.2) is 29.2 Å². The minimum Gasteiger partial charge on any atom is -0.343 e. The third-order valence-electron chi connectivity index (χ3n) is 3.35. The first-order valence-electron chi connectivity index (χ1n) is 7.70. The number of nitrogens with zero attached hydrogens (tertiary/aromatic N) is 1. The lowest BCUT2D eigenvalue weighted by molar-refractivity contribution is -0.384. The highest BCUT2D eigenvalue weighted by Gasteiger charge is 2.13. The van der Waals surface area contributed by atoms with Gasteiger partial charge in [0.25, 0.3) is 17.5 Å². The van der Waals surface area contributed by atoms with Crippen molar-refractivity contribution in [1.82, 2.24) is 16.2 Å². The van der Waals surface area contributed by atoms with Gasteiger partial charge in [0.05, 0.1) is 17.9 Å². The number of rotatable bonds is 6. The molecule has 0 saturated heterocycles. The molecule has 0 radical (unpaired) electrons. The summed E-state index contributed by atoms with van der Waals surface area (Å²) in [4.78, 5) is 45.3. The highest BCUT2D eigenvalue weighted by atomic mass is 19.1. The first-order chi connectivity index (χ1) is 12.8. The number of nitro benzene ring substituents is 1. The number of benzene rings is 2. The van der Waals surface area contributed by atoms with Gasteiger partial charge in [-0.05, 0) is 23.8 Å². The number of hydrogen-bond acceptors (Lipinski definition) is 5. The van der Waals surface area contributed by atoms with Crippen LogP contribution in [0.15, 0.2) is 48.5 Å². The van der Waals surface area contributed by atoms with E-state index in [1.54, 1.807) is 0 Å². The van der Waals surface area contributed by atoms with Crippen molar-refractivity contribution in [2.75, 3.05) is 6.54 Å². The lowest BCUT2D eigenvalue weighted by Gasteiger charge is -2.08. The van der Waals surface area contributed by atoms with Gasteiger partial charge in [0, 0.05) is 17.7 Å². The number of hydrazine groups is 1. The van der Waals surface area contributed by atoms with Crippen molar-refractivity contribution in [3.8, 4) is 0 Å². The second-order valence-corrected chi connectivity index (χ2v) is 5.39. The van der Waals surface area contributed by atoms with Crippen LogP contribution in [0.5, 0.6) is 0 Å². The van der Waals surface area contributed by atoms with Crippen LogP contribution in [-0.2, 0) is 16.0 Å². The highest BCUT2D eigenvalue weighted by molar-refractivity contribution is 5.97. The number of carbonyl (C=O) groups is 3. The van der Waals surface area contributed by atoms with E-state index in [0.717, 1.165) is 6.07 Å². The average molecular weight is 374 g/mol. The molecule has 27 heavy (non-hydrogen) atoms. The summed E-state index contributed by atoms with van der Waals surface area (Å²) >= 11 is 0. The maximum Gasteiger partial charge on any atom is 0.270 e. The third-order valence-corrected chi connectivity index (χ3v) is 3.35. The molecular formula is C17H15FN4O5. The zero-order valence-corrected chi connectivity index (χ0v) is 13.9. The molecule has 0 spiro atoms. The van der Waals surface area contributed by atoms with E-state index in [9.17, 15) is 28.9 Å². The Labute approximate surface area is 152 Å². The second-order valence-electron chi connectivity index (χ2n) is 5.39. The van der Waals surface area contributed by atoms with E-state index in [1.165, 1.54) is 42.5 Å². The van der Waals surface area contributed by atoms with Crippen molar-refractivity contribution in [3.63, 3.8) is 0 Å². The molecule has 0 aromatic heterocycles. The molecule has 0 aliphatic heterocycles. The van der Waals surface area contributed by atoms with E-state index in [-0.39, 0.29) is 17.7 Å². The van der Waals surface area contributed by atoms with Crippen LogP contribution in [0.3, 0.4) is 0 Å². The first-order valence-corrected chi connectivity index (χ1v) is 7.70. The fraction of sp³-hybridized carbons (Fsp3) is 0.118. The zero-order valence-electron chi connectivity index (χ0n) is 13.9. The molecule has 2 aromatic carbocycles. The topological polar surface area (TPSA) is 130 Å². The van der Waals surface area contributed by atoms with Gasteiger partial charge in [0.1, 0.15) is 5.82 Å². The van der Waals surface area contributed by atoms with Crippen LogP contribution in [0.1, 0.15) is 15.9 Å². The van der Waals surface area contributed by atoms with E-state index >= 15 is 0 Å². The van der Waals surface area contributed by atoms with Crippen molar-refractivity contribution in [1.29, 1.82) is 0 Å². The van der Waals surface area contributed by atoms with Crippen LogP contribution >= 0.6 is 0 Å². The van der Waals surface area contributed by atoms with Gasteiger partial charge in [0.2, 0.25) is 5.91 Å². The van der Waals surface area contributed by atoms with Crippen molar-refractivity contribution < 1.29 is 23.7 Å². The summed E-state index contributed by atoms with van der Waals surface area (Å²) in [7, 11) is 0. The van der Waals surface area contributed by atoms with E-state index in [1.807, 2.05) is 0 Å². The molecular weight excluding hydrogens is 359 g/mol. The summed E-state index contributed by atoms with van der Waals surface area (Å²) in [6.45, 7) is -0.446. The fourth-order valence-corrected chi connectivity index (χ4v) is 2.04. The smallest absolute Gasteiger partial charge is 0.270 e. The predicted molar refractivity (Wildman–Crippen MR) is 91.8 cm³/mol. The lowest BCUT2D eigenvalue weighted by atomic mass is 10.1. The molecule has 0 saturated carbocycles. The summed E-state index contributed by atoms with van der Waals surface area (Å²) in [6.07, 6.45) is -0.0688. The molecule has 9 nitrogen and oxygen atoms in total. The van der Waals surface area contributed by atoms with Gasteiger partial charge in [0.15, 0.2) is 0 Å². The lowest BCUT2D eigenvalue weighted by Crippen LogP contribution is -2.46. The van der Waals surface area contributed by atoms with Crippen LogP contribution in [0.25, 0.3) is 0 Å². The number of nitrogens with one attached hydrogen (secondary N) is 3. The molecule has 3 N–H and O–H groups in total. The molecule has 2 aromatic rings. The maximum atomic E-state index is 12.8. The SMILES string of the molecule is O=C(CNC(=O)c1cccc([N+](=O)[O-])c1)NNC(=O)Cc1ccc(F)cc1. The van der Waals surface area contributed by atoms with Crippen molar-refractivity contribution in [3.05, 3.63) is 75.6 Å². The Morgan fingerprint density at radius 2 is 1.67 bits per heavy atom. The van der Waals surface area contributed by atoms with Gasteiger partial charge in [-0.25, -0.2) is 4.39 Å². The zero-order chi connectivity index (χ0) is 19.8. The van der Waals surface area contributed by atoms with Crippen LogP contribution < -0.4 is 16.2 Å². The van der Waals surface area contributed by atoms with Gasteiger partial charge in [-0.15, -0.1) is 0 Å². The molecule has 0 unspecified atom stereocenters. The minimum absolute atomic E-state index is 0.0253. The highest BCUT2D eigenvalue weighted by Crippen LogP contribution is 2.12. The number of amides is 3. The molecule has 10 heteroatoms. The monoisotopic (exact) mass is 374 g/mol. The quantitative estimate of drug-likeness (QED) is 0.510. The van der Waals surface area contributed by atoms with Crippen LogP contribution in [0, 0.1) is 15.9 Å². The molecule has 0 aliphatic carbocycles. The van der Waals surface area contributed by atoms with Crippen LogP contribution in [0.4, 0.5) is 10.1 Å². The van der Waals surface area contributed by atoms with E-state index in [2.05, 4.69) is 16.2 Å². The van der Waals surface area contributed by atoms with Gasteiger partial charge < -0.3 is 5.32 Å². The number of carbonyl (C=O) groups excluding carboxylic acids is 3. The Morgan fingerprint density at radius 1 is 1.00 bits per heavy atom. The number of non-ortho nitro benzene ring substituents is 1. The Morgan fingerprint density at radius 3 is 2.33 bits per heavy atom. The summed E-state index contributed by atoms with van der Waals surface area (Å²) in [5.41, 5.74) is 4.61. The van der Waals surface area contributed by atoms with Crippen molar-refractivity contribution in [2.45, 2.75) is 6.42 Å². The molecule has 3 amide bonds. The minimum atomic E-state index is -0.693. The Hall–Kier alpha value is -3.82. The fourth-order valence-electron chi connectivity index (χ4n) is 2.04. The molecule has 0 atom stereocenters. The van der Waals surface area contributed by atoms with E-state index < -0.39 is 35.0 Å². The molecule has 0 aliphatic rings. The Balaban J connectivity index is 1.76. The standard InChI is InChI=1S/C17H15FN4O5/c18-13-6-4-11(5-7-13)8-15(23)20-21-16(24)10-19-17(25)12-2-1-3-14(9-12)22(26)27/h1-7,9H,8,10H2,(H,19,25)(H,20,23)(H,21,24). The van der Waals surface area contributed by atoms with Gasteiger partial charge in [-0.3, -0.25) is 35.3 Å². The molecule has 140 valence electrons. The summed E-state index contributed by atoms with van der Waals surface area (Å²) in [5, 5.41) is 13.0. The Bertz CT molecular complexity index is 870. The van der Waals surface area contributed by atoms with Crippen molar-refractivity contribution >= 4 is 23.4 Å². The summed E-state index contributed by atoms with van der Waals surface area (Å²) in [6, 6.07) is 10.3. The second kappa shape index (κ2) is 9.04. The molecule has 0 fully saturated rings. The van der Waals surface area contributed by atoms with Crippen molar-refractivity contribution in [2.24, 2.45) is 0 Å². The maximum absolute atomic E-state index is 12.8. The Kier molecular flexibility index (Phi) is 6.53. The number of nitro groups is 1. The molecule has 2 rings (SSSR count). The number of halogens is 1. The average Bonchev–Trinajstić information content (AvgIpc) is 2.66. The summed E-state index contributed by atoms with van der Waals surface area (Å²) in [5.74, 6) is -2.32. The third kappa shape index (κ3) is 6.20. The van der Waals surface area contributed by atoms with Gasteiger partial charge in [-0.2, -0.15) is 0 Å². The van der Waals surface area contributed by atoms with Gasteiger partial charge in [-0.1, -0.05) is 18.2 Å². The van der Waals surface area contributed by atoms with E-state index in [4.69, 9.17) is 0 Å². The molecule has 0 heterocycles.